The van der Waals surface area contributed by atoms with Crippen LogP contribution in [-0.2, 0) is 12.0 Å². The lowest BCUT2D eigenvalue weighted by Gasteiger charge is -2.27. The van der Waals surface area contributed by atoms with Crippen LogP contribution in [0.15, 0.2) is 45.3 Å². The van der Waals surface area contributed by atoms with E-state index in [1.165, 1.54) is 6.07 Å². The van der Waals surface area contributed by atoms with Crippen molar-refractivity contribution >= 4 is 43.5 Å². The van der Waals surface area contributed by atoms with Crippen molar-refractivity contribution < 1.29 is 4.39 Å². The summed E-state index contributed by atoms with van der Waals surface area (Å²) < 4.78 is 14.6. The quantitative estimate of drug-likeness (QED) is 0.704. The number of hydrogen-bond donors (Lipinski definition) is 1. The summed E-state index contributed by atoms with van der Waals surface area (Å²) in [5.74, 6) is -0.283. The van der Waals surface area contributed by atoms with Gasteiger partial charge in [0.05, 0.1) is 4.47 Å². The molecule has 2 aromatic carbocycles. The molecule has 0 amide bonds. The van der Waals surface area contributed by atoms with Gasteiger partial charge in [0.1, 0.15) is 5.82 Å². The van der Waals surface area contributed by atoms with Crippen LogP contribution >= 0.6 is 43.5 Å². The van der Waals surface area contributed by atoms with E-state index in [4.69, 9.17) is 17.3 Å². The highest BCUT2D eigenvalue weighted by atomic mass is 79.9. The van der Waals surface area contributed by atoms with Gasteiger partial charge in [-0.15, -0.1) is 0 Å². The molecule has 0 saturated carbocycles. The summed E-state index contributed by atoms with van der Waals surface area (Å²) in [7, 11) is 0. The standard InChI is InChI=1S/C15H13Br2ClFN/c1-15(20,11-4-3-10(16)7-13(11)18)8-9-2-5-14(19)12(17)6-9/h2-7H,8,20H2,1H3. The van der Waals surface area contributed by atoms with Crippen LogP contribution in [0.5, 0.6) is 0 Å². The maximum Gasteiger partial charge on any atom is 0.137 e. The first-order chi connectivity index (χ1) is 9.29. The maximum atomic E-state index is 13.3. The minimum Gasteiger partial charge on any atom is -0.321 e. The average Bonchev–Trinajstić information content (AvgIpc) is 2.33. The van der Waals surface area contributed by atoms with Gasteiger partial charge in [-0.3, -0.25) is 0 Å². The molecular formula is C15H13Br2ClFN. The minimum absolute atomic E-state index is 0.283. The van der Waals surface area contributed by atoms with E-state index in [1.54, 1.807) is 12.1 Å². The van der Waals surface area contributed by atoms with Gasteiger partial charge in [-0.2, -0.15) is 0 Å². The molecule has 20 heavy (non-hydrogen) atoms. The summed E-state index contributed by atoms with van der Waals surface area (Å²) in [5, 5.41) is 0.616. The molecule has 2 N–H and O–H groups in total. The van der Waals surface area contributed by atoms with Crippen molar-refractivity contribution in [3.05, 3.63) is 67.3 Å². The number of benzene rings is 2. The van der Waals surface area contributed by atoms with E-state index in [-0.39, 0.29) is 5.82 Å². The van der Waals surface area contributed by atoms with Gasteiger partial charge in [-0.25, -0.2) is 4.39 Å². The molecule has 0 saturated heterocycles. The first-order valence-corrected chi connectivity index (χ1v) is 7.94. The average molecular weight is 422 g/mol. The van der Waals surface area contributed by atoms with Gasteiger partial charge >= 0.3 is 0 Å². The third-order valence-corrected chi connectivity index (χ3v) is 4.52. The molecular weight excluding hydrogens is 408 g/mol. The highest BCUT2D eigenvalue weighted by Crippen LogP contribution is 2.32. The van der Waals surface area contributed by atoms with E-state index in [0.29, 0.717) is 15.9 Å². The van der Waals surface area contributed by atoms with E-state index >= 15 is 0 Å². The predicted octanol–water partition coefficient (Wildman–Crippen LogP) is 5.42. The van der Waals surface area contributed by atoms with Crippen LogP contribution in [0.25, 0.3) is 0 Å². The second-order valence-electron chi connectivity index (χ2n) is 4.97. The fourth-order valence-electron chi connectivity index (χ4n) is 2.12. The molecule has 1 nitrogen and oxygen atoms in total. The number of rotatable bonds is 3. The molecule has 0 spiro atoms. The van der Waals surface area contributed by atoms with Gasteiger partial charge in [0, 0.05) is 15.0 Å². The Morgan fingerprint density at radius 2 is 1.90 bits per heavy atom. The molecule has 2 aromatic rings. The first kappa shape index (κ1) is 16.0. The van der Waals surface area contributed by atoms with Crippen molar-refractivity contribution in [1.29, 1.82) is 0 Å². The Morgan fingerprint density at radius 1 is 1.20 bits per heavy atom. The van der Waals surface area contributed by atoms with E-state index in [1.807, 2.05) is 25.1 Å². The van der Waals surface area contributed by atoms with Gasteiger partial charge < -0.3 is 5.73 Å². The smallest absolute Gasteiger partial charge is 0.137 e. The molecule has 0 fully saturated rings. The molecule has 0 aromatic heterocycles. The van der Waals surface area contributed by atoms with Crippen LogP contribution < -0.4 is 5.73 Å². The third-order valence-electron chi connectivity index (χ3n) is 3.10. The van der Waals surface area contributed by atoms with E-state index in [2.05, 4.69) is 31.9 Å². The second kappa shape index (κ2) is 6.14. The van der Waals surface area contributed by atoms with Gasteiger partial charge in [0.2, 0.25) is 0 Å². The zero-order valence-corrected chi connectivity index (χ0v) is 14.7. The molecule has 0 aliphatic carbocycles. The summed E-state index contributed by atoms with van der Waals surface area (Å²) in [6.07, 6.45) is 0.563. The van der Waals surface area contributed by atoms with Gasteiger partial charge in [-0.05, 0) is 64.7 Å². The fourth-order valence-corrected chi connectivity index (χ4v) is 3.44. The minimum atomic E-state index is -0.630. The third kappa shape index (κ3) is 3.61. The molecule has 5 heteroatoms. The lowest BCUT2D eigenvalue weighted by Crippen LogP contribution is -2.35. The molecule has 1 unspecified atom stereocenters. The van der Waals surface area contributed by atoms with Crippen molar-refractivity contribution in [2.24, 2.45) is 5.73 Å². The van der Waals surface area contributed by atoms with E-state index < -0.39 is 5.54 Å². The molecule has 1 atom stereocenters. The van der Waals surface area contributed by atoms with Crippen LogP contribution in [0.4, 0.5) is 4.39 Å². The molecule has 2 rings (SSSR count). The van der Waals surface area contributed by atoms with Crippen molar-refractivity contribution in [2.45, 2.75) is 18.9 Å². The molecule has 0 aliphatic rings. The van der Waals surface area contributed by atoms with Gasteiger partial charge in [0.15, 0.2) is 0 Å². The van der Waals surface area contributed by atoms with E-state index in [0.717, 1.165) is 15.6 Å². The molecule has 0 heterocycles. The predicted molar refractivity (Wildman–Crippen MR) is 88.5 cm³/mol. The topological polar surface area (TPSA) is 26.0 Å². The Labute approximate surface area is 139 Å². The summed E-state index contributed by atoms with van der Waals surface area (Å²) in [4.78, 5) is 0. The van der Waals surface area contributed by atoms with Crippen molar-refractivity contribution in [1.82, 2.24) is 0 Å². The summed E-state index contributed by atoms with van der Waals surface area (Å²) in [6.45, 7) is 1.92. The number of nitrogens with two attached hydrogens (primary N) is 1. The second-order valence-corrected chi connectivity index (χ2v) is 7.14. The summed E-state index contributed by atoms with van der Waals surface area (Å²) >= 11 is 12.8. The molecule has 0 aliphatic heterocycles. The monoisotopic (exact) mass is 419 g/mol. The Hall–Kier alpha value is -0.420. The first-order valence-electron chi connectivity index (χ1n) is 5.98. The largest absolute Gasteiger partial charge is 0.321 e. The SMILES string of the molecule is CC(N)(Cc1ccc(F)c(Br)c1)c1ccc(Br)cc1Cl. The maximum absolute atomic E-state index is 13.3. The van der Waals surface area contributed by atoms with Gasteiger partial charge in [0.25, 0.3) is 0 Å². The Kier molecular flexibility index (Phi) is 4.90. The number of halogens is 4. The fraction of sp³-hybridized carbons (Fsp3) is 0.200. The summed E-state index contributed by atoms with van der Waals surface area (Å²) in [5.41, 5.74) is 7.58. The molecule has 0 radical (unpaired) electrons. The highest BCUT2D eigenvalue weighted by Gasteiger charge is 2.24. The van der Waals surface area contributed by atoms with Crippen LogP contribution in [0.3, 0.4) is 0 Å². The van der Waals surface area contributed by atoms with E-state index in [9.17, 15) is 4.39 Å². The van der Waals surface area contributed by atoms with Crippen LogP contribution in [0.1, 0.15) is 18.1 Å². The number of hydrogen-bond acceptors (Lipinski definition) is 1. The Balaban J connectivity index is 2.32. The van der Waals surface area contributed by atoms with Crippen LogP contribution in [0.2, 0.25) is 5.02 Å². The van der Waals surface area contributed by atoms with Crippen molar-refractivity contribution in [2.75, 3.05) is 0 Å². The highest BCUT2D eigenvalue weighted by molar-refractivity contribution is 9.10. The van der Waals surface area contributed by atoms with Crippen LogP contribution in [0, 0.1) is 5.82 Å². The molecule has 106 valence electrons. The summed E-state index contributed by atoms with van der Waals surface area (Å²) in [6, 6.07) is 10.5. The van der Waals surface area contributed by atoms with Crippen molar-refractivity contribution in [3.8, 4) is 0 Å². The van der Waals surface area contributed by atoms with Crippen LogP contribution in [-0.4, -0.2) is 0 Å². The van der Waals surface area contributed by atoms with Gasteiger partial charge in [-0.1, -0.05) is 39.7 Å². The zero-order valence-electron chi connectivity index (χ0n) is 10.8. The lowest BCUT2D eigenvalue weighted by atomic mass is 9.86. The van der Waals surface area contributed by atoms with Crippen molar-refractivity contribution in [3.63, 3.8) is 0 Å². The zero-order chi connectivity index (χ0) is 14.9. The normalized spacial score (nSPS) is 14.1. The Morgan fingerprint density at radius 3 is 2.50 bits per heavy atom. The lowest BCUT2D eigenvalue weighted by molar-refractivity contribution is 0.490. The molecule has 0 bridgehead atoms. The Bertz CT molecular complexity index is 644.